The summed E-state index contributed by atoms with van der Waals surface area (Å²) in [5, 5.41) is 0. The second-order valence-corrected chi connectivity index (χ2v) is 6.35. The van der Waals surface area contributed by atoms with E-state index in [1.165, 1.54) is 24.2 Å². The summed E-state index contributed by atoms with van der Waals surface area (Å²) in [5.74, 6) is 2.19. The van der Waals surface area contributed by atoms with Gasteiger partial charge < -0.3 is 14.0 Å². The second kappa shape index (κ2) is 8.29. The minimum absolute atomic E-state index is 1.10. The van der Waals surface area contributed by atoms with Crippen LogP contribution in [-0.4, -0.2) is 43.6 Å². The Bertz CT molecular complexity index is 559. The quantitative estimate of drug-likeness (QED) is 0.714. The van der Waals surface area contributed by atoms with Gasteiger partial charge in [0.05, 0.1) is 0 Å². The van der Waals surface area contributed by atoms with E-state index in [0.29, 0.717) is 0 Å². The average molecular weight is 317 g/mol. The molecule has 0 unspecified atom stereocenters. The summed E-state index contributed by atoms with van der Waals surface area (Å²) >= 11 is 0. The minimum Gasteiger partial charge on any atom is -0.335 e. The van der Waals surface area contributed by atoms with Crippen LogP contribution >= 0.6 is 0 Å². The van der Waals surface area contributed by atoms with Crippen LogP contribution in [0.5, 0.6) is 0 Å². The Kier molecular flexibility index (Phi) is 6.39. The standard InChI is InChI=1S/C18H31N5/c1-6-23(11-7-9-17-13-19-15(2)21(17)4)12-8-10-18-14-20-16(3)22(18)5/h13-14H,6-12H2,1-5H3. The fraction of sp³-hybridized carbons (Fsp3) is 0.667. The van der Waals surface area contributed by atoms with Crippen LogP contribution in [-0.2, 0) is 26.9 Å². The predicted octanol–water partition coefficient (Wildman–Crippen LogP) is 2.66. The van der Waals surface area contributed by atoms with Gasteiger partial charge in [0.15, 0.2) is 0 Å². The van der Waals surface area contributed by atoms with E-state index in [2.05, 4.69) is 58.9 Å². The summed E-state index contributed by atoms with van der Waals surface area (Å²) < 4.78 is 4.39. The number of nitrogens with zero attached hydrogens (tertiary/aromatic N) is 5. The number of hydrogen-bond acceptors (Lipinski definition) is 3. The van der Waals surface area contributed by atoms with Gasteiger partial charge in [0.2, 0.25) is 0 Å². The number of aryl methyl sites for hydroxylation is 4. The van der Waals surface area contributed by atoms with Crippen molar-refractivity contribution in [3.05, 3.63) is 35.4 Å². The minimum atomic E-state index is 1.10. The molecule has 0 bridgehead atoms. The zero-order chi connectivity index (χ0) is 16.8. The molecule has 5 nitrogen and oxygen atoms in total. The molecule has 5 heteroatoms. The smallest absolute Gasteiger partial charge is 0.105 e. The first-order valence-electron chi connectivity index (χ1n) is 8.69. The van der Waals surface area contributed by atoms with Crippen LogP contribution in [0.1, 0.15) is 42.8 Å². The lowest BCUT2D eigenvalue weighted by Gasteiger charge is -2.20. The Morgan fingerprint density at radius 2 is 1.30 bits per heavy atom. The lowest BCUT2D eigenvalue weighted by atomic mass is 10.2. The van der Waals surface area contributed by atoms with Gasteiger partial charge in [-0.25, -0.2) is 9.97 Å². The summed E-state index contributed by atoms with van der Waals surface area (Å²) in [6.45, 7) is 9.80. The van der Waals surface area contributed by atoms with Crippen LogP contribution < -0.4 is 0 Å². The summed E-state index contributed by atoms with van der Waals surface area (Å²) in [4.78, 5) is 11.3. The SMILES string of the molecule is CCN(CCCc1cnc(C)n1C)CCCc1cnc(C)n1C. The molecule has 128 valence electrons. The highest BCUT2D eigenvalue weighted by atomic mass is 15.1. The summed E-state index contributed by atoms with van der Waals surface area (Å²) in [6.07, 6.45) is 8.62. The van der Waals surface area contributed by atoms with E-state index in [-0.39, 0.29) is 0 Å². The Morgan fingerprint density at radius 3 is 1.61 bits per heavy atom. The molecule has 0 aliphatic rings. The molecule has 0 N–H and O–H groups in total. The van der Waals surface area contributed by atoms with Gasteiger partial charge in [-0.1, -0.05) is 6.92 Å². The van der Waals surface area contributed by atoms with Crippen LogP contribution in [0, 0.1) is 13.8 Å². The molecule has 2 aromatic rings. The third-order valence-corrected chi connectivity index (χ3v) is 4.90. The molecule has 0 fully saturated rings. The first kappa shape index (κ1) is 17.7. The molecule has 0 aromatic carbocycles. The Balaban J connectivity index is 1.71. The highest BCUT2D eigenvalue weighted by Gasteiger charge is 2.07. The first-order chi connectivity index (χ1) is 11.0. The summed E-state index contributed by atoms with van der Waals surface area (Å²) in [7, 11) is 4.20. The van der Waals surface area contributed by atoms with Crippen molar-refractivity contribution in [1.29, 1.82) is 0 Å². The molecule has 0 saturated carbocycles. The van der Waals surface area contributed by atoms with Crippen molar-refractivity contribution in [2.24, 2.45) is 14.1 Å². The number of imidazole rings is 2. The second-order valence-electron chi connectivity index (χ2n) is 6.35. The van der Waals surface area contributed by atoms with Gasteiger partial charge in [-0.3, -0.25) is 0 Å². The monoisotopic (exact) mass is 317 g/mol. The first-order valence-corrected chi connectivity index (χ1v) is 8.69. The zero-order valence-corrected chi connectivity index (χ0v) is 15.3. The maximum absolute atomic E-state index is 4.37. The molecule has 0 spiro atoms. The molecule has 23 heavy (non-hydrogen) atoms. The van der Waals surface area contributed by atoms with Crippen LogP contribution in [0.4, 0.5) is 0 Å². The third kappa shape index (κ3) is 4.67. The van der Waals surface area contributed by atoms with Crippen LogP contribution in [0.2, 0.25) is 0 Å². The van der Waals surface area contributed by atoms with Crippen LogP contribution in [0.3, 0.4) is 0 Å². The topological polar surface area (TPSA) is 38.9 Å². The number of rotatable bonds is 9. The van der Waals surface area contributed by atoms with E-state index in [0.717, 1.165) is 44.1 Å². The molecule has 0 amide bonds. The van der Waals surface area contributed by atoms with E-state index in [4.69, 9.17) is 0 Å². The van der Waals surface area contributed by atoms with Crippen molar-refractivity contribution in [2.45, 2.75) is 46.5 Å². The Morgan fingerprint density at radius 1 is 0.870 bits per heavy atom. The number of hydrogen-bond donors (Lipinski definition) is 0. The van der Waals surface area contributed by atoms with Crippen molar-refractivity contribution in [2.75, 3.05) is 19.6 Å². The highest BCUT2D eigenvalue weighted by Crippen LogP contribution is 2.08. The largest absolute Gasteiger partial charge is 0.335 e. The van der Waals surface area contributed by atoms with Crippen molar-refractivity contribution < 1.29 is 0 Å². The molecule has 2 heterocycles. The maximum atomic E-state index is 4.37. The molecule has 2 rings (SSSR count). The average Bonchev–Trinajstić information content (AvgIpc) is 3.03. The summed E-state index contributed by atoms with van der Waals surface area (Å²) in [6, 6.07) is 0. The van der Waals surface area contributed by atoms with E-state index >= 15 is 0 Å². The summed E-state index contributed by atoms with van der Waals surface area (Å²) in [5.41, 5.74) is 2.67. The fourth-order valence-corrected chi connectivity index (χ4v) is 2.96. The van der Waals surface area contributed by atoms with Gasteiger partial charge in [-0.2, -0.15) is 0 Å². The maximum Gasteiger partial charge on any atom is 0.105 e. The van der Waals surface area contributed by atoms with Gasteiger partial charge >= 0.3 is 0 Å². The van der Waals surface area contributed by atoms with Crippen molar-refractivity contribution in [1.82, 2.24) is 24.0 Å². The van der Waals surface area contributed by atoms with Gasteiger partial charge in [-0.05, 0) is 59.2 Å². The molecule has 0 atom stereocenters. The molecule has 0 radical (unpaired) electrons. The van der Waals surface area contributed by atoms with Crippen LogP contribution in [0.15, 0.2) is 12.4 Å². The highest BCUT2D eigenvalue weighted by molar-refractivity contribution is 5.04. The van der Waals surface area contributed by atoms with Crippen molar-refractivity contribution in [3.8, 4) is 0 Å². The van der Waals surface area contributed by atoms with Crippen LogP contribution in [0.25, 0.3) is 0 Å². The van der Waals surface area contributed by atoms with Crippen molar-refractivity contribution >= 4 is 0 Å². The zero-order valence-electron chi connectivity index (χ0n) is 15.3. The molecule has 0 saturated heterocycles. The molecule has 0 aliphatic heterocycles. The predicted molar refractivity (Wildman–Crippen MR) is 94.6 cm³/mol. The fourth-order valence-electron chi connectivity index (χ4n) is 2.96. The van der Waals surface area contributed by atoms with Gasteiger partial charge in [0.25, 0.3) is 0 Å². The Labute approximate surface area is 140 Å². The Hall–Kier alpha value is -1.62. The molecule has 0 aliphatic carbocycles. The van der Waals surface area contributed by atoms with E-state index < -0.39 is 0 Å². The van der Waals surface area contributed by atoms with Gasteiger partial charge in [0, 0.05) is 37.9 Å². The number of aromatic nitrogens is 4. The lowest BCUT2D eigenvalue weighted by Crippen LogP contribution is -2.26. The van der Waals surface area contributed by atoms with E-state index in [1.807, 2.05) is 12.4 Å². The normalized spacial score (nSPS) is 11.6. The van der Waals surface area contributed by atoms with Crippen molar-refractivity contribution in [3.63, 3.8) is 0 Å². The van der Waals surface area contributed by atoms with Gasteiger partial charge in [-0.15, -0.1) is 0 Å². The molecular formula is C18H31N5. The van der Waals surface area contributed by atoms with E-state index in [1.54, 1.807) is 0 Å². The molecular weight excluding hydrogens is 286 g/mol. The molecule has 2 aromatic heterocycles. The lowest BCUT2D eigenvalue weighted by molar-refractivity contribution is 0.280. The van der Waals surface area contributed by atoms with E-state index in [9.17, 15) is 0 Å². The third-order valence-electron chi connectivity index (χ3n) is 4.90. The van der Waals surface area contributed by atoms with Gasteiger partial charge in [0.1, 0.15) is 11.6 Å².